The number of ether oxygens (including phenoxy) is 1. The Morgan fingerprint density at radius 3 is 2.76 bits per heavy atom. The minimum absolute atomic E-state index is 0.0771. The lowest BCUT2D eigenvalue weighted by Gasteiger charge is -2.27. The third-order valence-corrected chi connectivity index (χ3v) is 7.53. The van der Waals surface area contributed by atoms with Crippen LogP contribution in [-0.2, 0) is 25.7 Å². The van der Waals surface area contributed by atoms with Crippen molar-refractivity contribution in [3.05, 3.63) is 52.5 Å². The fourth-order valence-corrected chi connectivity index (χ4v) is 5.43. The second-order valence-corrected chi connectivity index (χ2v) is 10.5. The summed E-state index contributed by atoms with van der Waals surface area (Å²) < 4.78 is 11.2. The fourth-order valence-electron chi connectivity index (χ4n) is 4.44. The van der Waals surface area contributed by atoms with Gasteiger partial charge in [0.1, 0.15) is 12.3 Å². The van der Waals surface area contributed by atoms with Gasteiger partial charge in [0.05, 0.1) is 35.0 Å². The number of aromatic nitrogens is 1. The van der Waals surface area contributed by atoms with Gasteiger partial charge in [-0.15, -0.1) is 11.3 Å². The maximum atomic E-state index is 13.0. The number of anilines is 2. The van der Waals surface area contributed by atoms with Gasteiger partial charge in [0, 0.05) is 24.0 Å². The first-order valence-corrected chi connectivity index (χ1v) is 13.2. The third kappa shape index (κ3) is 6.19. The summed E-state index contributed by atoms with van der Waals surface area (Å²) in [5, 5.41) is 9.79. The standard InChI is InChI=1S/C25H26ClN5O5S/c26-22-8-7-21(37-22)20-12-17(29-36-20)13-27-23(32)14-30-9-1-2-19(30)25(34)28-16-3-5-18(6-4-16)31-10-11-35-15-24(31)33/h3-8,12,19H,1-2,9-11,13-15H2,(H,27,32)(H,28,34)/t19-/m1/s1. The van der Waals surface area contributed by atoms with E-state index in [1.807, 2.05) is 11.0 Å². The largest absolute Gasteiger partial charge is 0.370 e. The molecule has 2 fully saturated rings. The Bertz CT molecular complexity index is 1280. The number of hydrogen-bond acceptors (Lipinski definition) is 8. The highest BCUT2D eigenvalue weighted by Crippen LogP contribution is 2.31. The molecular formula is C25H26ClN5O5S. The summed E-state index contributed by atoms with van der Waals surface area (Å²) >= 11 is 7.36. The summed E-state index contributed by atoms with van der Waals surface area (Å²) in [4.78, 5) is 42.0. The summed E-state index contributed by atoms with van der Waals surface area (Å²) in [6, 6.07) is 12.2. The zero-order valence-corrected chi connectivity index (χ0v) is 21.5. The molecule has 1 atom stereocenters. The predicted molar refractivity (Wildman–Crippen MR) is 140 cm³/mol. The smallest absolute Gasteiger partial charge is 0.253 e. The van der Waals surface area contributed by atoms with Crippen LogP contribution in [0.3, 0.4) is 0 Å². The van der Waals surface area contributed by atoms with E-state index in [-0.39, 0.29) is 37.4 Å². The molecule has 0 saturated carbocycles. The number of carbonyl (C=O) groups excluding carboxylic acids is 3. The lowest BCUT2D eigenvalue weighted by atomic mass is 10.2. The highest BCUT2D eigenvalue weighted by Gasteiger charge is 2.32. The van der Waals surface area contributed by atoms with Crippen molar-refractivity contribution in [2.24, 2.45) is 0 Å². The molecule has 10 nitrogen and oxygen atoms in total. The van der Waals surface area contributed by atoms with E-state index in [1.165, 1.54) is 11.3 Å². The summed E-state index contributed by atoms with van der Waals surface area (Å²) in [5.74, 6) is 0.167. The summed E-state index contributed by atoms with van der Waals surface area (Å²) in [5.41, 5.74) is 2.01. The molecule has 1 aromatic carbocycles. The molecule has 2 aliphatic heterocycles. The van der Waals surface area contributed by atoms with Crippen molar-refractivity contribution >= 4 is 52.0 Å². The van der Waals surface area contributed by atoms with Crippen LogP contribution in [0.5, 0.6) is 0 Å². The van der Waals surface area contributed by atoms with Gasteiger partial charge >= 0.3 is 0 Å². The van der Waals surface area contributed by atoms with Gasteiger partial charge in [-0.25, -0.2) is 0 Å². The molecule has 5 rings (SSSR count). The lowest BCUT2D eigenvalue weighted by Crippen LogP contribution is -2.44. The van der Waals surface area contributed by atoms with Crippen LogP contribution in [0, 0.1) is 0 Å². The van der Waals surface area contributed by atoms with Crippen molar-refractivity contribution in [2.75, 3.05) is 43.1 Å². The molecule has 2 saturated heterocycles. The second kappa shape index (κ2) is 11.4. The van der Waals surface area contributed by atoms with E-state index in [0.717, 1.165) is 17.0 Å². The van der Waals surface area contributed by atoms with E-state index in [2.05, 4.69) is 15.8 Å². The molecule has 37 heavy (non-hydrogen) atoms. The van der Waals surface area contributed by atoms with Crippen molar-refractivity contribution in [3.63, 3.8) is 0 Å². The van der Waals surface area contributed by atoms with Gasteiger partial charge in [-0.2, -0.15) is 0 Å². The molecule has 2 aromatic heterocycles. The fraction of sp³-hybridized carbons (Fsp3) is 0.360. The maximum Gasteiger partial charge on any atom is 0.253 e. The van der Waals surface area contributed by atoms with Crippen LogP contribution in [0.2, 0.25) is 4.34 Å². The van der Waals surface area contributed by atoms with Crippen molar-refractivity contribution in [1.29, 1.82) is 0 Å². The molecular weight excluding hydrogens is 518 g/mol. The van der Waals surface area contributed by atoms with E-state index in [0.29, 0.717) is 47.6 Å². The molecule has 2 N–H and O–H groups in total. The van der Waals surface area contributed by atoms with E-state index in [4.69, 9.17) is 20.9 Å². The van der Waals surface area contributed by atoms with Crippen molar-refractivity contribution in [3.8, 4) is 10.6 Å². The number of benzene rings is 1. The molecule has 0 spiro atoms. The summed E-state index contributed by atoms with van der Waals surface area (Å²) in [7, 11) is 0. The number of hydrogen-bond donors (Lipinski definition) is 2. The Labute approximate surface area is 222 Å². The first kappa shape index (κ1) is 25.4. The Balaban J connectivity index is 1.11. The first-order chi connectivity index (χ1) is 18.0. The van der Waals surface area contributed by atoms with Gasteiger partial charge in [-0.1, -0.05) is 16.8 Å². The molecule has 4 heterocycles. The lowest BCUT2D eigenvalue weighted by molar-refractivity contribution is -0.126. The first-order valence-electron chi connectivity index (χ1n) is 12.0. The Morgan fingerprint density at radius 2 is 2.00 bits per heavy atom. The molecule has 0 unspecified atom stereocenters. The molecule has 3 aromatic rings. The quantitative estimate of drug-likeness (QED) is 0.448. The Kier molecular flexibility index (Phi) is 7.85. The van der Waals surface area contributed by atoms with Gasteiger partial charge in [0.25, 0.3) is 5.91 Å². The van der Waals surface area contributed by atoms with E-state index in [1.54, 1.807) is 41.3 Å². The summed E-state index contributed by atoms with van der Waals surface area (Å²) in [6.07, 6.45) is 1.51. The minimum Gasteiger partial charge on any atom is -0.370 e. The predicted octanol–water partition coefficient (Wildman–Crippen LogP) is 3.14. The highest BCUT2D eigenvalue weighted by atomic mass is 35.5. The number of morpholine rings is 1. The average molecular weight is 544 g/mol. The van der Waals surface area contributed by atoms with Gasteiger partial charge in [0.15, 0.2) is 5.76 Å². The molecule has 3 amide bonds. The number of nitrogens with one attached hydrogen (secondary N) is 2. The molecule has 0 aliphatic carbocycles. The monoisotopic (exact) mass is 543 g/mol. The third-order valence-electron chi connectivity index (χ3n) is 6.29. The van der Waals surface area contributed by atoms with Crippen LogP contribution >= 0.6 is 22.9 Å². The van der Waals surface area contributed by atoms with Crippen molar-refractivity contribution < 1.29 is 23.6 Å². The van der Waals surface area contributed by atoms with Crippen LogP contribution in [0.15, 0.2) is 47.0 Å². The van der Waals surface area contributed by atoms with Crippen LogP contribution in [-0.4, -0.2) is 66.7 Å². The normalized spacial score (nSPS) is 18.2. The number of halogens is 1. The average Bonchev–Trinajstić information content (AvgIpc) is 3.65. The number of amides is 3. The SMILES string of the molecule is O=C(CN1CCC[C@@H]1C(=O)Nc1ccc(N2CCOCC2=O)cc1)NCc1cc(-c2ccc(Cl)s2)on1. The molecule has 2 aliphatic rings. The summed E-state index contributed by atoms with van der Waals surface area (Å²) in [6.45, 7) is 2.08. The molecule has 0 bridgehead atoms. The van der Waals surface area contributed by atoms with Crippen LogP contribution in [0.1, 0.15) is 18.5 Å². The number of rotatable bonds is 8. The van der Waals surface area contributed by atoms with Gasteiger partial charge in [0.2, 0.25) is 11.8 Å². The highest BCUT2D eigenvalue weighted by molar-refractivity contribution is 7.19. The Morgan fingerprint density at radius 1 is 1.16 bits per heavy atom. The van der Waals surface area contributed by atoms with Crippen LogP contribution in [0.25, 0.3) is 10.6 Å². The van der Waals surface area contributed by atoms with Crippen molar-refractivity contribution in [2.45, 2.75) is 25.4 Å². The van der Waals surface area contributed by atoms with Crippen LogP contribution < -0.4 is 15.5 Å². The van der Waals surface area contributed by atoms with Crippen molar-refractivity contribution in [1.82, 2.24) is 15.4 Å². The zero-order chi connectivity index (χ0) is 25.8. The van der Waals surface area contributed by atoms with Gasteiger partial charge < -0.3 is 24.8 Å². The zero-order valence-electron chi connectivity index (χ0n) is 19.9. The number of carbonyl (C=O) groups is 3. The maximum absolute atomic E-state index is 13.0. The number of nitrogens with zero attached hydrogens (tertiary/aromatic N) is 3. The minimum atomic E-state index is -0.395. The second-order valence-electron chi connectivity index (χ2n) is 8.83. The van der Waals surface area contributed by atoms with Gasteiger partial charge in [-0.3, -0.25) is 19.3 Å². The van der Waals surface area contributed by atoms with E-state index >= 15 is 0 Å². The molecule has 12 heteroatoms. The van der Waals surface area contributed by atoms with Gasteiger partial charge in [-0.05, 0) is 55.8 Å². The molecule has 194 valence electrons. The molecule has 0 radical (unpaired) electrons. The number of thiophene rings is 1. The number of likely N-dealkylation sites (tertiary alicyclic amines) is 1. The topological polar surface area (TPSA) is 117 Å². The van der Waals surface area contributed by atoms with Crippen LogP contribution in [0.4, 0.5) is 11.4 Å². The Hall–Kier alpha value is -3.25. The van der Waals surface area contributed by atoms with E-state index < -0.39 is 6.04 Å². The van der Waals surface area contributed by atoms with E-state index in [9.17, 15) is 14.4 Å².